The molecule has 0 bridgehead atoms. The maximum atomic E-state index is 15.2. The van der Waals surface area contributed by atoms with E-state index in [1.165, 1.54) is 47.3 Å². The third kappa shape index (κ3) is 9.43. The zero-order valence-corrected chi connectivity index (χ0v) is 26.0. The Morgan fingerprint density at radius 2 is 1.44 bits per heavy atom. The summed E-state index contributed by atoms with van der Waals surface area (Å²) in [6.07, 6.45) is -4.49. The highest BCUT2D eigenvalue weighted by molar-refractivity contribution is 5.91. The van der Waals surface area contributed by atoms with Gasteiger partial charge in [-0.15, -0.1) is 0 Å². The monoisotopic (exact) mass is 711 g/mol. The number of carboxylic acids is 1. The molecule has 2 aliphatic rings. The SMILES string of the molecule is CC(=O)NC[C@H]1CN(c2ccc(-c3ccc(N4C[C@H](CNC(=O)[C@@H](N)Cc5cnc[nH]5)OC4=O)cc3F)c(F)c2)C(=O)O1.O=C(O)C(F)(F)F. The second kappa shape index (κ2) is 15.6. The van der Waals surface area contributed by atoms with Crippen molar-refractivity contribution in [3.63, 3.8) is 0 Å². The van der Waals surface area contributed by atoms with E-state index in [2.05, 4.69) is 20.6 Å². The number of hydrogen-bond donors (Lipinski definition) is 5. The van der Waals surface area contributed by atoms with Gasteiger partial charge in [0.05, 0.1) is 49.9 Å². The molecule has 3 atom stereocenters. The molecule has 3 heterocycles. The average molecular weight is 712 g/mol. The molecule has 3 aromatic rings. The van der Waals surface area contributed by atoms with Gasteiger partial charge in [-0.1, -0.05) is 0 Å². The number of benzene rings is 2. The van der Waals surface area contributed by atoms with Crippen LogP contribution in [0.4, 0.5) is 42.9 Å². The Morgan fingerprint density at radius 1 is 0.960 bits per heavy atom. The number of hydrogen-bond acceptors (Lipinski definition) is 9. The average Bonchev–Trinajstić information content (AvgIpc) is 3.79. The zero-order valence-electron chi connectivity index (χ0n) is 26.0. The molecule has 0 saturated carbocycles. The van der Waals surface area contributed by atoms with Gasteiger partial charge in [0, 0.05) is 36.4 Å². The lowest BCUT2D eigenvalue weighted by Crippen LogP contribution is -2.45. The van der Waals surface area contributed by atoms with Crippen molar-refractivity contribution in [1.29, 1.82) is 0 Å². The molecule has 1 aromatic heterocycles. The van der Waals surface area contributed by atoms with Crippen molar-refractivity contribution >= 4 is 41.3 Å². The molecule has 0 unspecified atom stereocenters. The highest BCUT2D eigenvalue weighted by Crippen LogP contribution is 2.33. The van der Waals surface area contributed by atoms with Gasteiger partial charge in [0.1, 0.15) is 23.8 Å². The van der Waals surface area contributed by atoms with E-state index < -0.39 is 60.1 Å². The molecular formula is C30H30F5N7O8. The van der Waals surface area contributed by atoms with Crippen LogP contribution in [0, 0.1) is 11.6 Å². The van der Waals surface area contributed by atoms with E-state index in [4.69, 9.17) is 25.1 Å². The number of anilines is 2. The molecule has 2 saturated heterocycles. The van der Waals surface area contributed by atoms with Gasteiger partial charge in [-0.05, 0) is 36.4 Å². The second-order valence-corrected chi connectivity index (χ2v) is 10.9. The van der Waals surface area contributed by atoms with Gasteiger partial charge in [-0.2, -0.15) is 13.2 Å². The molecule has 2 fully saturated rings. The predicted molar refractivity (Wildman–Crippen MR) is 163 cm³/mol. The number of aromatic nitrogens is 2. The van der Waals surface area contributed by atoms with Crippen LogP contribution in [0.15, 0.2) is 48.9 Å². The number of imidazole rings is 1. The molecule has 15 nitrogen and oxygen atoms in total. The summed E-state index contributed by atoms with van der Waals surface area (Å²) in [6, 6.07) is 6.97. The van der Waals surface area contributed by atoms with Gasteiger partial charge >= 0.3 is 24.3 Å². The molecule has 0 radical (unpaired) electrons. The summed E-state index contributed by atoms with van der Waals surface area (Å²) in [6.45, 7) is 1.62. The number of nitrogens with two attached hydrogens (primary N) is 1. The zero-order chi connectivity index (χ0) is 36.7. The van der Waals surface area contributed by atoms with E-state index in [0.717, 1.165) is 12.1 Å². The lowest BCUT2D eigenvalue weighted by atomic mass is 10.0. The molecule has 6 N–H and O–H groups in total. The third-order valence-electron chi connectivity index (χ3n) is 7.22. The fourth-order valence-corrected chi connectivity index (χ4v) is 4.79. The smallest absolute Gasteiger partial charge is 0.475 e. The number of aromatic amines is 1. The minimum Gasteiger partial charge on any atom is -0.475 e. The number of alkyl halides is 3. The number of carboxylic acid groups (broad SMARTS) is 1. The molecule has 2 aliphatic heterocycles. The van der Waals surface area contributed by atoms with Crippen LogP contribution >= 0.6 is 0 Å². The maximum absolute atomic E-state index is 15.2. The number of ether oxygens (including phenoxy) is 2. The molecule has 5 rings (SSSR count). The summed E-state index contributed by atoms with van der Waals surface area (Å²) in [7, 11) is 0. The van der Waals surface area contributed by atoms with Crippen LogP contribution in [0.25, 0.3) is 11.1 Å². The van der Waals surface area contributed by atoms with Crippen LogP contribution < -0.4 is 26.2 Å². The van der Waals surface area contributed by atoms with Gasteiger partial charge < -0.3 is 35.9 Å². The number of nitrogens with one attached hydrogen (secondary N) is 3. The van der Waals surface area contributed by atoms with Gasteiger partial charge in [-0.25, -0.2) is 28.1 Å². The highest BCUT2D eigenvalue weighted by atomic mass is 19.4. The first-order chi connectivity index (χ1) is 23.5. The molecule has 20 heteroatoms. The Morgan fingerprint density at radius 3 is 1.84 bits per heavy atom. The fraction of sp³-hybridized carbons (Fsp3) is 0.333. The van der Waals surface area contributed by atoms with Crippen molar-refractivity contribution in [2.45, 2.75) is 37.8 Å². The number of cyclic esters (lactones) is 2. The lowest BCUT2D eigenvalue weighted by molar-refractivity contribution is -0.192. The Bertz CT molecular complexity index is 1740. The molecule has 0 spiro atoms. The van der Waals surface area contributed by atoms with Gasteiger partial charge in [0.2, 0.25) is 11.8 Å². The van der Waals surface area contributed by atoms with Crippen molar-refractivity contribution in [2.24, 2.45) is 5.73 Å². The van der Waals surface area contributed by atoms with Gasteiger partial charge in [-0.3, -0.25) is 19.4 Å². The number of aliphatic carboxylic acids is 1. The highest BCUT2D eigenvalue weighted by Gasteiger charge is 2.38. The quantitative estimate of drug-likeness (QED) is 0.194. The van der Waals surface area contributed by atoms with E-state index in [1.54, 1.807) is 6.20 Å². The Kier molecular flexibility index (Phi) is 11.6. The molecule has 4 amide bonds. The number of carbonyl (C=O) groups excluding carboxylic acids is 4. The second-order valence-electron chi connectivity index (χ2n) is 10.9. The van der Waals surface area contributed by atoms with E-state index in [0.29, 0.717) is 5.69 Å². The number of nitrogens with zero attached hydrogens (tertiary/aromatic N) is 3. The van der Waals surface area contributed by atoms with E-state index >= 15 is 8.78 Å². The summed E-state index contributed by atoms with van der Waals surface area (Å²) in [5.74, 6) is -5.02. The van der Waals surface area contributed by atoms with Crippen molar-refractivity contribution in [3.8, 4) is 11.1 Å². The Hall–Kier alpha value is -5.79. The first-order valence-corrected chi connectivity index (χ1v) is 14.6. The summed E-state index contributed by atoms with van der Waals surface area (Å²) in [5.41, 5.74) is 6.93. The van der Waals surface area contributed by atoms with Crippen LogP contribution in [-0.2, 0) is 30.3 Å². The predicted octanol–water partition coefficient (Wildman–Crippen LogP) is 2.46. The standard InChI is InChI=1S/C28H29F2N7O6.C2HF3O2/c1-15(38)33-10-19-12-36(27(40)42-19)17-2-4-21(23(29)7-17)22-5-3-18(8-24(22)30)37-13-20(43-28(37)41)11-34-26(39)25(31)6-16-9-32-14-35-16;3-2(4,5)1(6)7/h2-5,7-9,14,19-20,25H,6,10-13,31H2,1H3,(H,32,35)(H,33,38)(H,34,39);(H,6,7)/t19-,20-,25-;/m0./s1. The summed E-state index contributed by atoms with van der Waals surface area (Å²) >= 11 is 0. The molecule has 0 aliphatic carbocycles. The molecule has 50 heavy (non-hydrogen) atoms. The molecule has 2 aromatic carbocycles. The number of H-pyrrole nitrogens is 1. The Labute approximate surface area is 279 Å². The number of halogens is 5. The lowest BCUT2D eigenvalue weighted by Gasteiger charge is -2.16. The third-order valence-corrected chi connectivity index (χ3v) is 7.22. The van der Waals surface area contributed by atoms with Crippen LogP contribution in [0.1, 0.15) is 12.6 Å². The number of amides is 4. The minimum atomic E-state index is -5.08. The van der Waals surface area contributed by atoms with E-state index in [1.807, 2.05) is 0 Å². The summed E-state index contributed by atoms with van der Waals surface area (Å²) in [5, 5.41) is 12.3. The van der Waals surface area contributed by atoms with Crippen molar-refractivity contribution < 1.29 is 60.5 Å². The Balaban J connectivity index is 0.000000727. The van der Waals surface area contributed by atoms with Crippen LogP contribution in [0.2, 0.25) is 0 Å². The van der Waals surface area contributed by atoms with Crippen LogP contribution in [0.5, 0.6) is 0 Å². The molecule has 268 valence electrons. The first kappa shape index (κ1) is 37.0. The topological polar surface area (TPSA) is 209 Å². The summed E-state index contributed by atoms with van der Waals surface area (Å²) in [4.78, 5) is 66.3. The normalized spacial score (nSPS) is 17.7. The van der Waals surface area contributed by atoms with E-state index in [-0.39, 0.29) is 61.0 Å². The van der Waals surface area contributed by atoms with Crippen molar-refractivity contribution in [3.05, 3.63) is 66.3 Å². The van der Waals surface area contributed by atoms with E-state index in [9.17, 15) is 32.3 Å². The maximum Gasteiger partial charge on any atom is 0.490 e. The number of carbonyl (C=O) groups is 5. The minimum absolute atomic E-state index is 0.00836. The largest absolute Gasteiger partial charge is 0.490 e. The van der Waals surface area contributed by atoms with Gasteiger partial charge in [0.15, 0.2) is 0 Å². The van der Waals surface area contributed by atoms with Crippen molar-refractivity contribution in [2.75, 3.05) is 36.0 Å². The number of rotatable bonds is 10. The first-order valence-electron chi connectivity index (χ1n) is 14.6. The fourth-order valence-electron chi connectivity index (χ4n) is 4.79. The van der Waals surface area contributed by atoms with Gasteiger partial charge in [0.25, 0.3) is 0 Å². The van der Waals surface area contributed by atoms with Crippen LogP contribution in [0.3, 0.4) is 0 Å². The van der Waals surface area contributed by atoms with Crippen molar-refractivity contribution in [1.82, 2.24) is 20.6 Å². The molecular weight excluding hydrogens is 681 g/mol. The van der Waals surface area contributed by atoms with Crippen LogP contribution in [-0.4, -0.2) is 95.6 Å². The summed E-state index contributed by atoms with van der Waals surface area (Å²) < 4.78 is 72.6.